The van der Waals surface area contributed by atoms with Gasteiger partial charge in [-0.05, 0) is 25.7 Å². The third kappa shape index (κ3) is 61.9. The third-order valence-corrected chi connectivity index (χ3v) is 16.7. The number of carbonyl (C=O) groups excluding carboxylic acids is 2. The molecular formula is C69H137NO5. The van der Waals surface area contributed by atoms with Gasteiger partial charge in [-0.25, -0.2) is 0 Å². The minimum atomic E-state index is -0.660. The summed E-state index contributed by atoms with van der Waals surface area (Å²) in [7, 11) is 0. The Balaban J connectivity index is 3.30. The van der Waals surface area contributed by atoms with E-state index in [0.717, 1.165) is 38.5 Å². The van der Waals surface area contributed by atoms with Crippen LogP contribution in [-0.2, 0) is 14.3 Å². The van der Waals surface area contributed by atoms with Gasteiger partial charge in [0.1, 0.15) is 0 Å². The van der Waals surface area contributed by atoms with E-state index < -0.39 is 12.1 Å². The number of aliphatic hydroxyl groups is 2. The van der Waals surface area contributed by atoms with Crippen LogP contribution in [0.3, 0.4) is 0 Å². The molecule has 0 aromatic rings. The van der Waals surface area contributed by atoms with Crippen molar-refractivity contribution >= 4 is 11.9 Å². The molecule has 6 nitrogen and oxygen atoms in total. The van der Waals surface area contributed by atoms with Crippen molar-refractivity contribution in [3.05, 3.63) is 0 Å². The molecule has 0 fully saturated rings. The number of rotatable bonds is 66. The third-order valence-electron chi connectivity index (χ3n) is 16.7. The van der Waals surface area contributed by atoms with Crippen LogP contribution >= 0.6 is 0 Å². The van der Waals surface area contributed by atoms with Crippen molar-refractivity contribution in [2.75, 3.05) is 13.2 Å². The summed E-state index contributed by atoms with van der Waals surface area (Å²) in [5.41, 5.74) is 0. The van der Waals surface area contributed by atoms with E-state index >= 15 is 0 Å². The Labute approximate surface area is 470 Å². The molecule has 0 heterocycles. The summed E-state index contributed by atoms with van der Waals surface area (Å²) in [5.74, 6) is -0.00594. The fourth-order valence-electron chi connectivity index (χ4n) is 11.4. The Hall–Kier alpha value is -1.14. The average molecular weight is 1060 g/mol. The van der Waals surface area contributed by atoms with Crippen LogP contribution in [0.15, 0.2) is 0 Å². The molecule has 6 heteroatoms. The van der Waals surface area contributed by atoms with Crippen LogP contribution in [0, 0.1) is 0 Å². The topological polar surface area (TPSA) is 95.9 Å². The molecule has 0 aromatic heterocycles. The quantitative estimate of drug-likeness (QED) is 0.0417. The molecule has 1 amide bonds. The van der Waals surface area contributed by atoms with Crippen LogP contribution in [0.2, 0.25) is 0 Å². The molecule has 2 atom stereocenters. The highest BCUT2D eigenvalue weighted by atomic mass is 16.5. The van der Waals surface area contributed by atoms with Crippen LogP contribution in [-0.4, -0.2) is 47.4 Å². The van der Waals surface area contributed by atoms with Gasteiger partial charge in [0.15, 0.2) is 0 Å². The van der Waals surface area contributed by atoms with Gasteiger partial charge in [-0.3, -0.25) is 9.59 Å². The Morgan fingerprint density at radius 3 is 0.813 bits per heavy atom. The number of nitrogens with one attached hydrogen (secondary N) is 1. The van der Waals surface area contributed by atoms with Gasteiger partial charge >= 0.3 is 5.97 Å². The molecule has 0 radical (unpaired) electrons. The number of carbonyl (C=O) groups is 2. The van der Waals surface area contributed by atoms with Crippen molar-refractivity contribution in [3.8, 4) is 0 Å². The summed E-state index contributed by atoms with van der Waals surface area (Å²) in [4.78, 5) is 24.6. The highest BCUT2D eigenvalue weighted by molar-refractivity contribution is 5.76. The molecule has 0 saturated carbocycles. The van der Waals surface area contributed by atoms with Crippen LogP contribution in [0.1, 0.15) is 406 Å². The zero-order chi connectivity index (χ0) is 54.3. The molecule has 0 rings (SSSR count). The van der Waals surface area contributed by atoms with Crippen molar-refractivity contribution in [1.29, 1.82) is 0 Å². The lowest BCUT2D eigenvalue weighted by molar-refractivity contribution is -0.143. The maximum Gasteiger partial charge on any atom is 0.305 e. The van der Waals surface area contributed by atoms with E-state index in [-0.39, 0.29) is 18.5 Å². The Bertz CT molecular complexity index is 1080. The summed E-state index contributed by atoms with van der Waals surface area (Å²) in [5, 5.41) is 23.3. The van der Waals surface area contributed by atoms with E-state index in [0.29, 0.717) is 25.9 Å². The number of amides is 1. The van der Waals surface area contributed by atoms with Gasteiger partial charge in [0.2, 0.25) is 5.91 Å². The first-order chi connectivity index (χ1) is 37.0. The van der Waals surface area contributed by atoms with Crippen molar-refractivity contribution in [2.24, 2.45) is 0 Å². The SMILES string of the molecule is CCCCCCCCCCCCCCCCCCCCCC(=O)OCCCCCCCCCCCCCCCCCCCCCCCCCCCCCC(=O)NC(CO)C(O)CCCCCCCCCCCCCC. The van der Waals surface area contributed by atoms with Crippen molar-refractivity contribution in [3.63, 3.8) is 0 Å². The molecule has 3 N–H and O–H groups in total. The van der Waals surface area contributed by atoms with Gasteiger partial charge in [-0.2, -0.15) is 0 Å². The number of ether oxygens (including phenoxy) is 1. The number of aliphatic hydroxyl groups excluding tert-OH is 2. The predicted molar refractivity (Wildman–Crippen MR) is 329 cm³/mol. The molecule has 0 aliphatic heterocycles. The lowest BCUT2D eigenvalue weighted by Gasteiger charge is -2.22. The molecule has 0 aliphatic rings. The largest absolute Gasteiger partial charge is 0.466 e. The highest BCUT2D eigenvalue weighted by Gasteiger charge is 2.20. The first-order valence-corrected chi connectivity index (χ1v) is 34.8. The maximum absolute atomic E-state index is 12.5. The first-order valence-electron chi connectivity index (χ1n) is 34.8. The van der Waals surface area contributed by atoms with E-state index in [1.165, 1.54) is 334 Å². The van der Waals surface area contributed by atoms with Gasteiger partial charge in [0.25, 0.3) is 0 Å². The van der Waals surface area contributed by atoms with E-state index in [9.17, 15) is 19.8 Å². The van der Waals surface area contributed by atoms with Gasteiger partial charge in [-0.15, -0.1) is 0 Å². The van der Waals surface area contributed by atoms with Crippen LogP contribution < -0.4 is 5.32 Å². The molecule has 75 heavy (non-hydrogen) atoms. The van der Waals surface area contributed by atoms with Crippen LogP contribution in [0.25, 0.3) is 0 Å². The molecule has 0 bridgehead atoms. The summed E-state index contributed by atoms with van der Waals surface area (Å²) in [6.07, 6.45) is 78.7. The maximum atomic E-state index is 12.5. The number of esters is 1. The summed E-state index contributed by atoms with van der Waals surface area (Å²) >= 11 is 0. The zero-order valence-electron chi connectivity index (χ0n) is 51.3. The van der Waals surface area contributed by atoms with Gasteiger partial charge in [0.05, 0.1) is 25.4 Å². The second-order valence-corrected chi connectivity index (χ2v) is 24.2. The summed E-state index contributed by atoms with van der Waals surface area (Å²) < 4.78 is 5.52. The van der Waals surface area contributed by atoms with Crippen molar-refractivity contribution < 1.29 is 24.5 Å². The van der Waals surface area contributed by atoms with Crippen LogP contribution in [0.4, 0.5) is 0 Å². The normalized spacial score (nSPS) is 12.4. The van der Waals surface area contributed by atoms with E-state index in [1.54, 1.807) is 0 Å². The molecule has 2 unspecified atom stereocenters. The molecule has 0 aromatic carbocycles. The number of unbranched alkanes of at least 4 members (excludes halogenated alkanes) is 55. The Morgan fingerprint density at radius 2 is 0.547 bits per heavy atom. The predicted octanol–water partition coefficient (Wildman–Crippen LogP) is 22.2. The van der Waals surface area contributed by atoms with E-state index in [4.69, 9.17) is 4.74 Å². The van der Waals surface area contributed by atoms with Crippen molar-refractivity contribution in [2.45, 2.75) is 418 Å². The Kier molecular flexibility index (Phi) is 64.4. The molecule has 0 spiro atoms. The molecule has 448 valence electrons. The zero-order valence-corrected chi connectivity index (χ0v) is 51.3. The average Bonchev–Trinajstić information content (AvgIpc) is 3.41. The number of hydrogen-bond donors (Lipinski definition) is 3. The van der Waals surface area contributed by atoms with Crippen LogP contribution in [0.5, 0.6) is 0 Å². The fourth-order valence-corrected chi connectivity index (χ4v) is 11.4. The first kappa shape index (κ1) is 73.9. The van der Waals surface area contributed by atoms with Gasteiger partial charge in [-0.1, -0.05) is 367 Å². The summed E-state index contributed by atoms with van der Waals surface area (Å²) in [6, 6.07) is -0.537. The van der Waals surface area contributed by atoms with Gasteiger partial charge in [0, 0.05) is 12.8 Å². The summed E-state index contributed by atoms with van der Waals surface area (Å²) in [6.45, 7) is 4.99. The lowest BCUT2D eigenvalue weighted by Crippen LogP contribution is -2.45. The lowest BCUT2D eigenvalue weighted by atomic mass is 10.0. The molecular weight excluding hydrogens is 923 g/mol. The van der Waals surface area contributed by atoms with Gasteiger partial charge < -0.3 is 20.3 Å². The second-order valence-electron chi connectivity index (χ2n) is 24.2. The van der Waals surface area contributed by atoms with E-state index in [2.05, 4.69) is 19.2 Å². The minimum Gasteiger partial charge on any atom is -0.466 e. The molecule has 0 aliphatic carbocycles. The fraction of sp³-hybridized carbons (Fsp3) is 0.971. The molecule has 0 saturated heterocycles. The monoisotopic (exact) mass is 1060 g/mol. The van der Waals surface area contributed by atoms with E-state index in [1.807, 2.05) is 0 Å². The Morgan fingerprint density at radius 1 is 0.320 bits per heavy atom. The van der Waals surface area contributed by atoms with Crippen molar-refractivity contribution in [1.82, 2.24) is 5.32 Å². The smallest absolute Gasteiger partial charge is 0.305 e. The number of hydrogen-bond acceptors (Lipinski definition) is 5. The minimum absolute atomic E-state index is 0.0240. The highest BCUT2D eigenvalue weighted by Crippen LogP contribution is 2.19. The standard InChI is InChI=1S/C69H137NO5/c1-3-5-7-9-11-13-15-17-18-19-29-33-36-39-43-47-51-55-59-63-69(74)75-64-60-56-52-48-44-40-37-34-31-28-26-24-22-20-21-23-25-27-30-32-35-38-42-46-50-54-58-62-68(73)70-66(65-71)67(72)61-57-53-49-45-41-16-14-12-10-8-6-4-2/h66-67,71-72H,3-65H2,1-2H3,(H,70,73). The second kappa shape index (κ2) is 65.4.